The zero-order valence-electron chi connectivity index (χ0n) is 16.4. The normalized spacial score (nSPS) is 28.6. The molecule has 5 nitrogen and oxygen atoms in total. The van der Waals surface area contributed by atoms with E-state index < -0.39 is 0 Å². The van der Waals surface area contributed by atoms with Crippen LogP contribution in [0.5, 0.6) is 0 Å². The van der Waals surface area contributed by atoms with Gasteiger partial charge in [-0.15, -0.1) is 0 Å². The molecule has 3 atom stereocenters. The second-order valence-corrected chi connectivity index (χ2v) is 8.97. The summed E-state index contributed by atoms with van der Waals surface area (Å²) in [5.74, 6) is 2.71. The van der Waals surface area contributed by atoms with E-state index in [1.807, 2.05) is 12.3 Å². The van der Waals surface area contributed by atoms with Crippen LogP contribution in [0.25, 0.3) is 5.82 Å². The SMILES string of the molecule is CC(C)CN1c2cccnc2-n2cccc2[C@]12CCN(C(=O)[C@H]1C[C@H]1C)C2. The zero-order valence-corrected chi connectivity index (χ0v) is 16.4. The molecule has 2 aromatic rings. The summed E-state index contributed by atoms with van der Waals surface area (Å²) in [7, 11) is 0. The molecule has 2 aliphatic heterocycles. The molecule has 2 aromatic heterocycles. The Hall–Kier alpha value is -2.30. The minimum Gasteiger partial charge on any atom is -0.355 e. The van der Waals surface area contributed by atoms with E-state index in [9.17, 15) is 4.79 Å². The molecule has 2 fully saturated rings. The Morgan fingerprint density at radius 2 is 2.15 bits per heavy atom. The monoisotopic (exact) mass is 364 g/mol. The minimum atomic E-state index is -0.155. The molecule has 1 amide bonds. The van der Waals surface area contributed by atoms with Crippen molar-refractivity contribution in [3.05, 3.63) is 42.4 Å². The average Bonchev–Trinajstić information content (AvgIpc) is 3.06. The highest BCUT2D eigenvalue weighted by molar-refractivity contribution is 5.82. The van der Waals surface area contributed by atoms with Gasteiger partial charge in [-0.25, -0.2) is 4.98 Å². The van der Waals surface area contributed by atoms with Gasteiger partial charge in [-0.1, -0.05) is 20.8 Å². The molecule has 142 valence electrons. The number of nitrogens with zero attached hydrogens (tertiary/aromatic N) is 4. The number of likely N-dealkylation sites (tertiary alicyclic amines) is 1. The number of hydrogen-bond donors (Lipinski definition) is 0. The summed E-state index contributed by atoms with van der Waals surface area (Å²) in [6.45, 7) is 9.30. The molecular formula is C22H28N4O. The van der Waals surface area contributed by atoms with Crippen LogP contribution in [-0.2, 0) is 10.3 Å². The second-order valence-electron chi connectivity index (χ2n) is 8.97. The number of amides is 1. The maximum absolute atomic E-state index is 13.0. The fourth-order valence-electron chi connectivity index (χ4n) is 5.05. The van der Waals surface area contributed by atoms with Gasteiger partial charge in [0.2, 0.25) is 5.91 Å². The molecule has 3 aliphatic rings. The van der Waals surface area contributed by atoms with Crippen molar-refractivity contribution in [2.45, 2.75) is 39.2 Å². The molecule has 0 bridgehead atoms. The molecule has 27 heavy (non-hydrogen) atoms. The highest BCUT2D eigenvalue weighted by Gasteiger charge is 2.53. The molecule has 1 saturated heterocycles. The average molecular weight is 364 g/mol. The zero-order chi connectivity index (χ0) is 18.8. The number of carbonyl (C=O) groups excluding carboxylic acids is 1. The fraction of sp³-hybridized carbons (Fsp3) is 0.545. The van der Waals surface area contributed by atoms with Gasteiger partial charge in [0.25, 0.3) is 0 Å². The molecule has 5 rings (SSSR count). The van der Waals surface area contributed by atoms with E-state index in [1.165, 1.54) is 11.4 Å². The van der Waals surface area contributed by atoms with Gasteiger partial charge in [0, 0.05) is 37.9 Å². The molecule has 5 heteroatoms. The van der Waals surface area contributed by atoms with Crippen LogP contribution in [0.4, 0.5) is 5.69 Å². The van der Waals surface area contributed by atoms with Gasteiger partial charge < -0.3 is 14.4 Å². The first-order chi connectivity index (χ1) is 13.0. The van der Waals surface area contributed by atoms with Gasteiger partial charge in [-0.05, 0) is 48.9 Å². The summed E-state index contributed by atoms with van der Waals surface area (Å²) in [4.78, 5) is 22.3. The van der Waals surface area contributed by atoms with Crippen LogP contribution in [0.3, 0.4) is 0 Å². The van der Waals surface area contributed by atoms with E-state index in [1.54, 1.807) is 0 Å². The Bertz CT molecular complexity index is 888. The lowest BCUT2D eigenvalue weighted by molar-refractivity contribution is -0.132. The number of pyridine rings is 1. The van der Waals surface area contributed by atoms with Gasteiger partial charge in [-0.2, -0.15) is 0 Å². The first kappa shape index (κ1) is 16.8. The van der Waals surface area contributed by atoms with Crippen LogP contribution in [0.1, 0.15) is 39.3 Å². The quantitative estimate of drug-likeness (QED) is 0.838. The lowest BCUT2D eigenvalue weighted by atomic mass is 9.88. The van der Waals surface area contributed by atoms with E-state index in [2.05, 4.69) is 64.5 Å². The molecule has 0 N–H and O–H groups in total. The van der Waals surface area contributed by atoms with E-state index in [0.29, 0.717) is 17.7 Å². The number of fused-ring (bicyclic) bond motifs is 4. The van der Waals surface area contributed by atoms with Crippen LogP contribution in [-0.4, -0.2) is 40.0 Å². The van der Waals surface area contributed by atoms with Gasteiger partial charge in [-0.3, -0.25) is 4.79 Å². The fourth-order valence-corrected chi connectivity index (χ4v) is 5.05. The van der Waals surface area contributed by atoms with Crippen LogP contribution in [0.15, 0.2) is 36.7 Å². The third kappa shape index (κ3) is 2.43. The van der Waals surface area contributed by atoms with Crippen LogP contribution in [0, 0.1) is 17.8 Å². The molecule has 4 heterocycles. The summed E-state index contributed by atoms with van der Waals surface area (Å²) >= 11 is 0. The first-order valence-corrected chi connectivity index (χ1v) is 10.2. The number of aromatic nitrogens is 2. The standard InChI is InChI=1S/C22H28N4O/c1-15(2)13-26-18-6-4-9-23-20(18)25-10-5-7-19(25)22(26)8-11-24(14-22)21(27)17-12-16(17)3/h4-7,9-10,15-17H,8,11-14H2,1-3H3/t16-,17+,22-/m1/s1. The summed E-state index contributed by atoms with van der Waals surface area (Å²) in [5, 5.41) is 0. The predicted molar refractivity (Wildman–Crippen MR) is 106 cm³/mol. The van der Waals surface area contributed by atoms with Gasteiger partial charge >= 0.3 is 0 Å². The summed E-state index contributed by atoms with van der Waals surface area (Å²) < 4.78 is 2.24. The van der Waals surface area contributed by atoms with Crippen molar-refractivity contribution >= 4 is 11.6 Å². The third-order valence-corrected chi connectivity index (χ3v) is 6.56. The number of carbonyl (C=O) groups is 1. The Kier molecular flexibility index (Phi) is 3.65. The van der Waals surface area contributed by atoms with Crippen LogP contribution >= 0.6 is 0 Å². The molecule has 0 unspecified atom stereocenters. The third-order valence-electron chi connectivity index (χ3n) is 6.56. The lowest BCUT2D eigenvalue weighted by Gasteiger charge is -2.47. The Morgan fingerprint density at radius 3 is 2.89 bits per heavy atom. The van der Waals surface area contributed by atoms with Crippen molar-refractivity contribution in [2.75, 3.05) is 24.5 Å². The number of rotatable bonds is 3. The summed E-state index contributed by atoms with van der Waals surface area (Å²) in [6, 6.07) is 8.54. The predicted octanol–water partition coefficient (Wildman–Crippen LogP) is 3.43. The second kappa shape index (κ2) is 5.85. The highest BCUT2D eigenvalue weighted by atomic mass is 16.2. The molecule has 1 spiro atoms. The van der Waals surface area contributed by atoms with Crippen molar-refractivity contribution in [3.63, 3.8) is 0 Å². The maximum Gasteiger partial charge on any atom is 0.226 e. The Labute approximate surface area is 161 Å². The van der Waals surface area contributed by atoms with E-state index in [-0.39, 0.29) is 11.5 Å². The Morgan fingerprint density at radius 1 is 1.33 bits per heavy atom. The minimum absolute atomic E-state index is 0.155. The number of anilines is 1. The van der Waals surface area contributed by atoms with Crippen LogP contribution < -0.4 is 4.90 Å². The maximum atomic E-state index is 13.0. The molecule has 1 aliphatic carbocycles. The topological polar surface area (TPSA) is 41.4 Å². The van der Waals surface area contributed by atoms with Gasteiger partial charge in [0.1, 0.15) is 5.54 Å². The molecular weight excluding hydrogens is 336 g/mol. The smallest absolute Gasteiger partial charge is 0.226 e. The van der Waals surface area contributed by atoms with E-state index >= 15 is 0 Å². The van der Waals surface area contributed by atoms with Crippen molar-refractivity contribution < 1.29 is 4.79 Å². The summed E-state index contributed by atoms with van der Waals surface area (Å²) in [6.07, 6.45) is 6.02. The van der Waals surface area contributed by atoms with Gasteiger partial charge in [0.15, 0.2) is 5.82 Å². The van der Waals surface area contributed by atoms with Crippen molar-refractivity contribution in [1.29, 1.82) is 0 Å². The largest absolute Gasteiger partial charge is 0.355 e. The summed E-state index contributed by atoms with van der Waals surface area (Å²) in [5.41, 5.74) is 2.30. The van der Waals surface area contributed by atoms with Gasteiger partial charge in [0.05, 0.1) is 11.4 Å². The Balaban J connectivity index is 1.59. The molecule has 1 saturated carbocycles. The van der Waals surface area contributed by atoms with Crippen molar-refractivity contribution in [3.8, 4) is 5.82 Å². The molecule has 0 radical (unpaired) electrons. The van der Waals surface area contributed by atoms with Crippen molar-refractivity contribution in [1.82, 2.24) is 14.5 Å². The lowest BCUT2D eigenvalue weighted by Crippen LogP contribution is -2.54. The molecule has 0 aromatic carbocycles. The van der Waals surface area contributed by atoms with Crippen molar-refractivity contribution in [2.24, 2.45) is 17.8 Å². The van der Waals surface area contributed by atoms with E-state index in [0.717, 1.165) is 38.3 Å². The van der Waals surface area contributed by atoms with Crippen LogP contribution in [0.2, 0.25) is 0 Å². The first-order valence-electron chi connectivity index (χ1n) is 10.2. The van der Waals surface area contributed by atoms with E-state index in [4.69, 9.17) is 0 Å². The highest BCUT2D eigenvalue weighted by Crippen LogP contribution is 2.48. The number of hydrogen-bond acceptors (Lipinski definition) is 3.